The Balaban J connectivity index is 2.51. The van der Waals surface area contributed by atoms with Crippen LogP contribution in [0.1, 0.15) is 5.56 Å². The van der Waals surface area contributed by atoms with Crippen molar-refractivity contribution in [1.29, 1.82) is 0 Å². The molecule has 8 heteroatoms. The zero-order chi connectivity index (χ0) is 15.6. The molecule has 0 amide bonds. The van der Waals surface area contributed by atoms with Crippen LogP contribution in [-0.4, -0.2) is 4.92 Å². The van der Waals surface area contributed by atoms with Crippen LogP contribution >= 0.6 is 27.5 Å². The van der Waals surface area contributed by atoms with Crippen LogP contribution in [0.15, 0.2) is 34.8 Å². The van der Waals surface area contributed by atoms with E-state index in [4.69, 9.17) is 16.3 Å². The number of alkyl halides is 1. The lowest BCUT2D eigenvalue weighted by molar-refractivity contribution is -0.385. The maximum absolute atomic E-state index is 13.6. The summed E-state index contributed by atoms with van der Waals surface area (Å²) in [4.78, 5) is 10.3. The van der Waals surface area contributed by atoms with Gasteiger partial charge in [0.15, 0.2) is 0 Å². The molecule has 2 rings (SSSR count). The van der Waals surface area contributed by atoms with Crippen LogP contribution in [0.3, 0.4) is 0 Å². The second-order valence-electron chi connectivity index (χ2n) is 3.94. The maximum atomic E-state index is 13.6. The molecule has 110 valence electrons. The molecule has 0 radical (unpaired) electrons. The minimum atomic E-state index is -0.737. The Hall–Kier alpha value is -1.73. The summed E-state index contributed by atoms with van der Waals surface area (Å²) >= 11 is 8.48. The zero-order valence-electron chi connectivity index (χ0n) is 10.3. The molecule has 0 aliphatic heterocycles. The van der Waals surface area contributed by atoms with E-state index in [-0.39, 0.29) is 27.4 Å². The second-order valence-corrected chi connectivity index (χ2v) is 5.06. The molecular formula is C13H7BrClF2NO3. The van der Waals surface area contributed by atoms with E-state index in [0.29, 0.717) is 0 Å². The van der Waals surface area contributed by atoms with Crippen LogP contribution < -0.4 is 4.74 Å². The first-order valence-electron chi connectivity index (χ1n) is 5.58. The van der Waals surface area contributed by atoms with Gasteiger partial charge in [-0.1, -0.05) is 6.07 Å². The molecule has 21 heavy (non-hydrogen) atoms. The fourth-order valence-electron chi connectivity index (χ4n) is 1.63. The van der Waals surface area contributed by atoms with E-state index in [1.807, 2.05) is 0 Å². The number of nitro benzene ring substituents is 1. The molecule has 0 atom stereocenters. The number of benzene rings is 2. The van der Waals surface area contributed by atoms with Gasteiger partial charge in [0.05, 0.1) is 15.3 Å². The summed E-state index contributed by atoms with van der Waals surface area (Å²) in [7, 11) is 0. The number of hydrogen-bond acceptors (Lipinski definition) is 3. The highest BCUT2D eigenvalue weighted by Gasteiger charge is 2.21. The number of halogens is 4. The standard InChI is InChI=1S/C13H7BrClF2NO3/c14-8-4-11(18(19)20)13(5-10(8)17)21-12-3-1-2-9(16)7(12)6-15/h1-5H,6H2. The first-order chi connectivity index (χ1) is 9.93. The number of ether oxygens (including phenoxy) is 1. The lowest BCUT2D eigenvalue weighted by Gasteiger charge is -2.11. The van der Waals surface area contributed by atoms with Gasteiger partial charge in [0, 0.05) is 17.7 Å². The van der Waals surface area contributed by atoms with Crippen molar-refractivity contribution in [1.82, 2.24) is 0 Å². The Morgan fingerprint density at radius 1 is 1.24 bits per heavy atom. The molecule has 0 saturated carbocycles. The van der Waals surface area contributed by atoms with Gasteiger partial charge in [-0.05, 0) is 28.1 Å². The summed E-state index contributed by atoms with van der Waals surface area (Å²) in [5, 5.41) is 11.0. The first kappa shape index (κ1) is 15.7. The topological polar surface area (TPSA) is 52.4 Å². The number of hydrogen-bond donors (Lipinski definition) is 0. The second kappa shape index (κ2) is 6.36. The van der Waals surface area contributed by atoms with Crippen molar-refractivity contribution in [2.45, 2.75) is 5.88 Å². The van der Waals surface area contributed by atoms with Gasteiger partial charge < -0.3 is 4.74 Å². The van der Waals surface area contributed by atoms with Crippen LogP contribution in [0.4, 0.5) is 14.5 Å². The average Bonchev–Trinajstić information content (AvgIpc) is 2.42. The molecular weight excluding hydrogens is 372 g/mol. The molecule has 0 unspecified atom stereocenters. The van der Waals surface area contributed by atoms with Crippen molar-refractivity contribution in [3.8, 4) is 11.5 Å². The Morgan fingerprint density at radius 2 is 1.95 bits per heavy atom. The fraction of sp³-hybridized carbons (Fsp3) is 0.0769. The number of nitrogens with zero attached hydrogens (tertiary/aromatic N) is 1. The van der Waals surface area contributed by atoms with Gasteiger partial charge >= 0.3 is 5.69 Å². The quantitative estimate of drug-likeness (QED) is 0.419. The minimum Gasteiger partial charge on any atom is -0.450 e. The zero-order valence-corrected chi connectivity index (χ0v) is 12.6. The van der Waals surface area contributed by atoms with E-state index in [1.54, 1.807) is 0 Å². The molecule has 4 nitrogen and oxygen atoms in total. The number of nitro groups is 1. The van der Waals surface area contributed by atoms with Crippen molar-refractivity contribution in [2.24, 2.45) is 0 Å². The molecule has 0 saturated heterocycles. The van der Waals surface area contributed by atoms with E-state index in [2.05, 4.69) is 15.9 Å². The van der Waals surface area contributed by atoms with Gasteiger partial charge in [-0.2, -0.15) is 0 Å². The smallest absolute Gasteiger partial charge is 0.312 e. The highest BCUT2D eigenvalue weighted by Crippen LogP contribution is 2.37. The third kappa shape index (κ3) is 3.30. The maximum Gasteiger partial charge on any atom is 0.312 e. The van der Waals surface area contributed by atoms with Crippen LogP contribution in [-0.2, 0) is 5.88 Å². The SMILES string of the molecule is O=[N+]([O-])c1cc(Br)c(F)cc1Oc1cccc(F)c1CCl. The van der Waals surface area contributed by atoms with Gasteiger partial charge in [0.2, 0.25) is 5.75 Å². The predicted octanol–water partition coefficient (Wildman–Crippen LogP) is 5.17. The normalized spacial score (nSPS) is 10.5. The van der Waals surface area contributed by atoms with Crippen molar-refractivity contribution < 1.29 is 18.4 Å². The predicted molar refractivity (Wildman–Crippen MR) is 76.8 cm³/mol. The lowest BCUT2D eigenvalue weighted by atomic mass is 10.2. The summed E-state index contributed by atoms with van der Waals surface area (Å²) in [5.74, 6) is -1.87. The monoisotopic (exact) mass is 377 g/mol. The summed E-state index contributed by atoms with van der Waals surface area (Å²) in [6.07, 6.45) is 0. The van der Waals surface area contributed by atoms with Crippen molar-refractivity contribution >= 4 is 33.2 Å². The van der Waals surface area contributed by atoms with Gasteiger partial charge in [-0.3, -0.25) is 10.1 Å². The van der Waals surface area contributed by atoms with E-state index in [1.165, 1.54) is 18.2 Å². The van der Waals surface area contributed by atoms with E-state index >= 15 is 0 Å². The molecule has 2 aromatic rings. The van der Waals surface area contributed by atoms with Crippen molar-refractivity contribution in [3.63, 3.8) is 0 Å². The molecule has 0 aliphatic rings. The Kier molecular flexibility index (Phi) is 4.74. The van der Waals surface area contributed by atoms with Gasteiger partial charge in [0.25, 0.3) is 0 Å². The fourth-order valence-corrected chi connectivity index (χ4v) is 2.22. The van der Waals surface area contributed by atoms with Crippen LogP contribution in [0.5, 0.6) is 11.5 Å². The summed E-state index contributed by atoms with van der Waals surface area (Å²) in [6, 6.07) is 5.77. The third-order valence-electron chi connectivity index (χ3n) is 2.63. The largest absolute Gasteiger partial charge is 0.450 e. The van der Waals surface area contributed by atoms with E-state index in [0.717, 1.165) is 12.1 Å². The Morgan fingerprint density at radius 3 is 2.57 bits per heavy atom. The van der Waals surface area contributed by atoms with E-state index in [9.17, 15) is 18.9 Å². The third-order valence-corrected chi connectivity index (χ3v) is 3.50. The van der Waals surface area contributed by atoms with Gasteiger partial charge in [0.1, 0.15) is 17.4 Å². The average molecular weight is 379 g/mol. The highest BCUT2D eigenvalue weighted by atomic mass is 79.9. The van der Waals surface area contributed by atoms with E-state index < -0.39 is 22.2 Å². The molecule has 0 aliphatic carbocycles. The lowest BCUT2D eigenvalue weighted by Crippen LogP contribution is -1.98. The molecule has 0 fully saturated rings. The molecule has 0 N–H and O–H groups in total. The van der Waals surface area contributed by atoms with Crippen LogP contribution in [0.2, 0.25) is 0 Å². The van der Waals surface area contributed by atoms with Crippen molar-refractivity contribution in [2.75, 3.05) is 0 Å². The number of rotatable bonds is 4. The summed E-state index contributed by atoms with van der Waals surface area (Å²) in [6.45, 7) is 0. The molecule has 2 aromatic carbocycles. The molecule has 0 bridgehead atoms. The Labute approximate surface area is 131 Å². The van der Waals surface area contributed by atoms with Crippen LogP contribution in [0, 0.1) is 21.7 Å². The minimum absolute atomic E-state index is 0.00479. The van der Waals surface area contributed by atoms with Crippen molar-refractivity contribution in [3.05, 3.63) is 62.1 Å². The summed E-state index contributed by atoms with van der Waals surface area (Å²) < 4.78 is 32.3. The Bertz CT molecular complexity index is 712. The first-order valence-corrected chi connectivity index (χ1v) is 6.91. The molecule has 0 spiro atoms. The molecule has 0 heterocycles. The van der Waals surface area contributed by atoms with Crippen LogP contribution in [0.25, 0.3) is 0 Å². The van der Waals surface area contributed by atoms with Gasteiger partial charge in [-0.25, -0.2) is 8.78 Å². The molecule has 0 aromatic heterocycles. The highest BCUT2D eigenvalue weighted by molar-refractivity contribution is 9.10. The summed E-state index contributed by atoms with van der Waals surface area (Å²) in [5.41, 5.74) is -0.412. The van der Waals surface area contributed by atoms with Gasteiger partial charge in [-0.15, -0.1) is 11.6 Å².